The van der Waals surface area contributed by atoms with Gasteiger partial charge in [-0.05, 0) is 89.0 Å². The van der Waals surface area contributed by atoms with Crippen LogP contribution in [-0.2, 0) is 12.8 Å². The first-order chi connectivity index (χ1) is 16.3. The van der Waals surface area contributed by atoms with E-state index in [1.54, 1.807) is 5.57 Å². The summed E-state index contributed by atoms with van der Waals surface area (Å²) in [4.78, 5) is 2.49. The Balaban J connectivity index is 1.77. The molecule has 0 amide bonds. The number of hydrogen-bond acceptors (Lipinski definition) is 1. The number of nitrogens with zero attached hydrogens (tertiary/aromatic N) is 1. The smallest absolute Gasteiger partial charge is 0.0725 e. The average Bonchev–Trinajstić information content (AvgIpc) is 3.22. The van der Waals surface area contributed by atoms with Crippen LogP contribution in [0.15, 0.2) is 78.4 Å². The third-order valence-corrected chi connectivity index (χ3v) is 7.54. The number of rotatable bonds is 8. The van der Waals surface area contributed by atoms with E-state index in [9.17, 15) is 0 Å². The lowest BCUT2D eigenvalue weighted by Gasteiger charge is -2.38. The highest BCUT2D eigenvalue weighted by molar-refractivity contribution is 5.92. The summed E-state index contributed by atoms with van der Waals surface area (Å²) in [7, 11) is 2.26. The monoisotopic (exact) mass is 451 g/mol. The van der Waals surface area contributed by atoms with Gasteiger partial charge in [-0.15, -0.1) is 6.58 Å². The van der Waals surface area contributed by atoms with E-state index in [0.29, 0.717) is 17.9 Å². The Morgan fingerprint density at radius 1 is 1.09 bits per heavy atom. The number of fused-ring (bicyclic) bond motifs is 2. The fraction of sp³-hybridized carbons (Fsp3) is 0.394. The van der Waals surface area contributed by atoms with Crippen LogP contribution in [0.1, 0.15) is 69.2 Å². The summed E-state index contributed by atoms with van der Waals surface area (Å²) in [5.74, 6) is 1.10. The van der Waals surface area contributed by atoms with Crippen molar-refractivity contribution in [1.29, 1.82) is 0 Å². The molecule has 2 aromatic rings. The molecule has 1 heterocycles. The van der Waals surface area contributed by atoms with Crippen molar-refractivity contribution in [3.63, 3.8) is 0 Å². The van der Waals surface area contributed by atoms with Gasteiger partial charge in [0.1, 0.15) is 0 Å². The zero-order chi connectivity index (χ0) is 24.4. The maximum Gasteiger partial charge on any atom is 0.0725 e. The summed E-state index contributed by atoms with van der Waals surface area (Å²) >= 11 is 0. The number of anilines is 1. The average molecular weight is 452 g/mol. The largest absolute Gasteiger partial charge is 0.364 e. The Bertz CT molecular complexity index is 1140. The summed E-state index contributed by atoms with van der Waals surface area (Å²) in [6.07, 6.45) is 9.94. The lowest BCUT2D eigenvalue weighted by Crippen LogP contribution is -2.35. The van der Waals surface area contributed by atoms with Crippen LogP contribution in [-0.4, -0.2) is 13.1 Å². The molecule has 1 aliphatic carbocycles. The predicted molar refractivity (Wildman–Crippen MR) is 150 cm³/mol. The van der Waals surface area contributed by atoms with Crippen LogP contribution >= 0.6 is 0 Å². The molecule has 34 heavy (non-hydrogen) atoms. The van der Waals surface area contributed by atoms with E-state index in [1.165, 1.54) is 44.7 Å². The van der Waals surface area contributed by atoms with Crippen LogP contribution < -0.4 is 4.90 Å². The summed E-state index contributed by atoms with van der Waals surface area (Å²) in [6.45, 7) is 17.7. The summed E-state index contributed by atoms with van der Waals surface area (Å²) < 4.78 is 0. The molecule has 4 rings (SSSR count). The molecule has 2 aliphatic rings. The molecule has 0 spiro atoms. The van der Waals surface area contributed by atoms with Crippen LogP contribution in [0.4, 0.5) is 5.69 Å². The van der Waals surface area contributed by atoms with E-state index in [4.69, 9.17) is 0 Å². The Morgan fingerprint density at radius 3 is 2.56 bits per heavy atom. The first-order valence-electron chi connectivity index (χ1n) is 13.0. The molecule has 1 nitrogen and oxygen atoms in total. The molecule has 2 aromatic carbocycles. The summed E-state index contributed by atoms with van der Waals surface area (Å²) in [5, 5.41) is 0. The Hall–Kier alpha value is -2.80. The third-order valence-electron chi connectivity index (χ3n) is 7.54. The molecule has 1 aliphatic heterocycles. The van der Waals surface area contributed by atoms with Crippen LogP contribution in [0.5, 0.6) is 0 Å². The zero-order valence-electron chi connectivity index (χ0n) is 21.8. The molecule has 1 fully saturated rings. The van der Waals surface area contributed by atoms with Gasteiger partial charge in [0, 0.05) is 18.3 Å². The minimum atomic E-state index is 0.320. The number of allylic oxidation sites excluding steroid dienone is 3. The molecular weight excluding hydrogens is 410 g/mol. The third kappa shape index (κ3) is 4.71. The van der Waals surface area contributed by atoms with Gasteiger partial charge in [0.15, 0.2) is 0 Å². The minimum Gasteiger partial charge on any atom is -0.364 e. The standard InChI is InChI=1S/C33H41N/c1-8-23(5)19-24(6)32-29-12-10-11-13-31(29)34(7)33-27(16-17-30(32)33)20-25-14-15-26(9-2)28(21-25)18-22(3)4/h8,10-15,20-23,33H,1,6,9,16-19H2,2-5,7H3/b27-20+. The van der Waals surface area contributed by atoms with Gasteiger partial charge in [-0.25, -0.2) is 0 Å². The molecule has 178 valence electrons. The van der Waals surface area contributed by atoms with Crippen LogP contribution in [0.2, 0.25) is 0 Å². The molecule has 2 atom stereocenters. The molecule has 0 saturated heterocycles. The second-order valence-electron chi connectivity index (χ2n) is 10.7. The van der Waals surface area contributed by atoms with Gasteiger partial charge >= 0.3 is 0 Å². The van der Waals surface area contributed by atoms with E-state index < -0.39 is 0 Å². The lowest BCUT2D eigenvalue weighted by molar-refractivity contribution is 0.643. The maximum absolute atomic E-state index is 4.57. The number of para-hydroxylation sites is 1. The molecule has 0 N–H and O–H groups in total. The van der Waals surface area contributed by atoms with Gasteiger partial charge in [0.05, 0.1) is 6.04 Å². The van der Waals surface area contributed by atoms with Gasteiger partial charge < -0.3 is 4.90 Å². The van der Waals surface area contributed by atoms with E-state index in [1.807, 2.05) is 6.08 Å². The number of aryl methyl sites for hydroxylation is 1. The van der Waals surface area contributed by atoms with Crippen molar-refractivity contribution in [3.8, 4) is 0 Å². The van der Waals surface area contributed by atoms with Crippen molar-refractivity contribution in [2.45, 2.75) is 65.8 Å². The van der Waals surface area contributed by atoms with Gasteiger partial charge in [-0.1, -0.05) is 82.8 Å². The zero-order valence-corrected chi connectivity index (χ0v) is 21.8. The first kappa shape index (κ1) is 24.3. The highest BCUT2D eigenvalue weighted by atomic mass is 15.2. The van der Waals surface area contributed by atoms with Gasteiger partial charge in [-0.3, -0.25) is 0 Å². The number of hydrogen-bond donors (Lipinski definition) is 0. The highest BCUT2D eigenvalue weighted by Crippen LogP contribution is 2.49. The molecule has 0 radical (unpaired) electrons. The molecule has 2 unspecified atom stereocenters. The Kier molecular flexibility index (Phi) is 7.31. The van der Waals surface area contributed by atoms with Gasteiger partial charge in [-0.2, -0.15) is 0 Å². The van der Waals surface area contributed by atoms with Crippen molar-refractivity contribution in [3.05, 3.63) is 101 Å². The molecule has 1 heteroatoms. The second kappa shape index (κ2) is 10.2. The van der Waals surface area contributed by atoms with Crippen LogP contribution in [0.3, 0.4) is 0 Å². The summed E-state index contributed by atoms with van der Waals surface area (Å²) in [5.41, 5.74) is 12.7. The quantitative estimate of drug-likeness (QED) is 0.363. The normalized spacial score (nSPS) is 19.4. The maximum atomic E-state index is 4.57. The van der Waals surface area contributed by atoms with E-state index in [0.717, 1.165) is 32.1 Å². The van der Waals surface area contributed by atoms with E-state index in [-0.39, 0.29) is 0 Å². The van der Waals surface area contributed by atoms with Crippen molar-refractivity contribution < 1.29 is 0 Å². The van der Waals surface area contributed by atoms with E-state index in [2.05, 4.69) is 101 Å². The Labute approximate surface area is 207 Å². The second-order valence-corrected chi connectivity index (χ2v) is 10.7. The van der Waals surface area contributed by atoms with Crippen molar-refractivity contribution in [2.75, 3.05) is 11.9 Å². The fourth-order valence-electron chi connectivity index (χ4n) is 5.89. The minimum absolute atomic E-state index is 0.320. The van der Waals surface area contributed by atoms with Crippen LogP contribution in [0, 0.1) is 11.8 Å². The number of benzene rings is 2. The predicted octanol–water partition coefficient (Wildman–Crippen LogP) is 8.67. The van der Waals surface area contributed by atoms with Gasteiger partial charge in [0.25, 0.3) is 0 Å². The fourth-order valence-corrected chi connectivity index (χ4v) is 5.89. The SMILES string of the molecule is C=CC(C)CC(=C)C1=C2CC/C(=C\c3ccc(CC)c(CC(C)C)c3)C2N(C)c2ccccc21. The van der Waals surface area contributed by atoms with E-state index >= 15 is 0 Å². The van der Waals surface area contributed by atoms with Crippen molar-refractivity contribution in [1.82, 2.24) is 0 Å². The Morgan fingerprint density at radius 2 is 1.85 bits per heavy atom. The molecule has 0 aromatic heterocycles. The lowest BCUT2D eigenvalue weighted by atomic mass is 9.82. The van der Waals surface area contributed by atoms with Crippen molar-refractivity contribution in [2.24, 2.45) is 11.8 Å². The van der Waals surface area contributed by atoms with Crippen molar-refractivity contribution >= 4 is 17.3 Å². The topological polar surface area (TPSA) is 3.24 Å². The first-order valence-corrected chi connectivity index (χ1v) is 13.0. The summed E-state index contributed by atoms with van der Waals surface area (Å²) in [6, 6.07) is 16.3. The molecular formula is C33H41N. The van der Waals surface area contributed by atoms with Crippen LogP contribution in [0.25, 0.3) is 11.6 Å². The van der Waals surface area contributed by atoms with Gasteiger partial charge in [0.2, 0.25) is 0 Å². The molecule has 0 bridgehead atoms. The number of likely N-dealkylation sites (N-methyl/N-ethyl adjacent to an activating group) is 1. The highest BCUT2D eigenvalue weighted by Gasteiger charge is 2.37. The molecule has 1 saturated carbocycles.